The second kappa shape index (κ2) is 6.94. The molecule has 0 aliphatic carbocycles. The number of hydrogen-bond donors (Lipinski definition) is 1. The highest BCUT2D eigenvalue weighted by Gasteiger charge is 2.09. The number of anilines is 1. The van der Waals surface area contributed by atoms with Crippen LogP contribution in [-0.4, -0.2) is 10.9 Å². The van der Waals surface area contributed by atoms with Crippen LogP contribution in [0.2, 0.25) is 5.02 Å². The molecule has 0 bridgehead atoms. The van der Waals surface area contributed by atoms with Crippen molar-refractivity contribution in [2.24, 2.45) is 0 Å². The molecular weight excluding hydrogens is 328 g/mol. The molecule has 0 atom stereocenters. The van der Waals surface area contributed by atoms with Crippen LogP contribution in [0.1, 0.15) is 11.3 Å². The van der Waals surface area contributed by atoms with Gasteiger partial charge in [-0.1, -0.05) is 41.4 Å². The third-order valence-corrected chi connectivity index (χ3v) is 4.51. The minimum Gasteiger partial charge on any atom is -0.326 e. The van der Waals surface area contributed by atoms with Crippen LogP contribution in [0, 0.1) is 6.92 Å². The number of carbonyl (C=O) groups is 1. The molecule has 3 rings (SSSR count). The summed E-state index contributed by atoms with van der Waals surface area (Å²) in [5.74, 6) is -0.0897. The first kappa shape index (κ1) is 15.7. The number of nitrogens with one attached hydrogen (secondary N) is 1. The van der Waals surface area contributed by atoms with Gasteiger partial charge in [0.2, 0.25) is 5.91 Å². The number of aryl methyl sites for hydroxylation is 1. The summed E-state index contributed by atoms with van der Waals surface area (Å²) >= 11 is 7.38. The minimum absolute atomic E-state index is 0.0897. The highest BCUT2D eigenvalue weighted by molar-refractivity contribution is 7.13. The Bertz CT molecular complexity index is 810. The molecule has 0 saturated heterocycles. The molecule has 0 fully saturated rings. The van der Waals surface area contributed by atoms with E-state index in [1.54, 1.807) is 35.6 Å². The van der Waals surface area contributed by atoms with E-state index in [-0.39, 0.29) is 12.3 Å². The van der Waals surface area contributed by atoms with Gasteiger partial charge in [-0.3, -0.25) is 4.79 Å². The fourth-order valence-electron chi connectivity index (χ4n) is 2.12. The lowest BCUT2D eigenvalue weighted by Gasteiger charge is -2.03. The number of nitrogens with zero attached hydrogens (tertiary/aromatic N) is 1. The van der Waals surface area contributed by atoms with Crippen LogP contribution in [0.4, 0.5) is 5.69 Å². The first-order valence-corrected chi connectivity index (χ1v) is 8.43. The zero-order valence-corrected chi connectivity index (χ0v) is 14.1. The van der Waals surface area contributed by atoms with Crippen molar-refractivity contribution in [3.8, 4) is 10.6 Å². The van der Waals surface area contributed by atoms with Gasteiger partial charge in [0.25, 0.3) is 0 Å². The number of carbonyl (C=O) groups excluding carboxylic acids is 1. The molecule has 23 heavy (non-hydrogen) atoms. The van der Waals surface area contributed by atoms with E-state index >= 15 is 0 Å². The molecule has 1 heterocycles. The number of rotatable bonds is 4. The quantitative estimate of drug-likeness (QED) is 0.728. The van der Waals surface area contributed by atoms with Crippen molar-refractivity contribution in [2.75, 3.05) is 5.32 Å². The first-order chi connectivity index (χ1) is 11.1. The van der Waals surface area contributed by atoms with Crippen LogP contribution in [-0.2, 0) is 11.2 Å². The molecular formula is C18H15ClN2OS. The Morgan fingerprint density at radius 3 is 2.52 bits per heavy atom. The fourth-order valence-corrected chi connectivity index (χ4v) is 3.07. The van der Waals surface area contributed by atoms with E-state index in [4.69, 9.17) is 11.6 Å². The summed E-state index contributed by atoms with van der Waals surface area (Å²) in [5, 5.41) is 6.34. The Morgan fingerprint density at radius 2 is 1.83 bits per heavy atom. The average Bonchev–Trinajstić information content (AvgIpc) is 2.98. The predicted octanol–water partition coefficient (Wildman–Crippen LogP) is 4.95. The molecule has 0 spiro atoms. The monoisotopic (exact) mass is 342 g/mol. The zero-order chi connectivity index (χ0) is 16.2. The molecule has 0 aliphatic rings. The number of amides is 1. The van der Waals surface area contributed by atoms with Gasteiger partial charge in [0.05, 0.1) is 12.1 Å². The van der Waals surface area contributed by atoms with E-state index in [1.807, 2.05) is 17.5 Å². The summed E-state index contributed by atoms with van der Waals surface area (Å²) in [7, 11) is 0. The maximum Gasteiger partial charge on any atom is 0.230 e. The Kier molecular flexibility index (Phi) is 4.74. The summed E-state index contributed by atoms with van der Waals surface area (Å²) in [6, 6.07) is 15.3. The van der Waals surface area contributed by atoms with Gasteiger partial charge in [-0.25, -0.2) is 4.98 Å². The van der Waals surface area contributed by atoms with Crippen molar-refractivity contribution in [1.82, 2.24) is 4.98 Å². The number of halogens is 1. The van der Waals surface area contributed by atoms with Crippen molar-refractivity contribution < 1.29 is 4.79 Å². The van der Waals surface area contributed by atoms with Gasteiger partial charge >= 0.3 is 0 Å². The maximum absolute atomic E-state index is 12.1. The van der Waals surface area contributed by atoms with Crippen LogP contribution in [0.5, 0.6) is 0 Å². The molecule has 2 aromatic carbocycles. The van der Waals surface area contributed by atoms with Crippen LogP contribution in [0.3, 0.4) is 0 Å². The van der Waals surface area contributed by atoms with E-state index in [1.165, 1.54) is 5.56 Å². The Hall–Kier alpha value is -2.17. The zero-order valence-electron chi connectivity index (χ0n) is 12.5. The minimum atomic E-state index is -0.0897. The van der Waals surface area contributed by atoms with Crippen molar-refractivity contribution in [1.29, 1.82) is 0 Å². The molecule has 0 unspecified atom stereocenters. The highest BCUT2D eigenvalue weighted by atomic mass is 35.5. The van der Waals surface area contributed by atoms with Crippen molar-refractivity contribution in [2.45, 2.75) is 13.3 Å². The van der Waals surface area contributed by atoms with E-state index in [9.17, 15) is 4.79 Å². The lowest BCUT2D eigenvalue weighted by atomic mass is 10.2. The summed E-state index contributed by atoms with van der Waals surface area (Å²) in [4.78, 5) is 16.6. The molecule has 1 N–H and O–H groups in total. The molecule has 5 heteroatoms. The molecule has 1 amide bonds. The summed E-state index contributed by atoms with van der Waals surface area (Å²) in [6.07, 6.45) is 0.255. The van der Waals surface area contributed by atoms with E-state index in [0.29, 0.717) is 5.02 Å². The Morgan fingerprint density at radius 1 is 1.13 bits per heavy atom. The summed E-state index contributed by atoms with van der Waals surface area (Å²) < 4.78 is 0. The van der Waals surface area contributed by atoms with Crippen LogP contribution >= 0.6 is 22.9 Å². The molecule has 0 radical (unpaired) electrons. The number of aromatic nitrogens is 1. The van der Waals surface area contributed by atoms with Crippen LogP contribution < -0.4 is 5.32 Å². The van der Waals surface area contributed by atoms with Gasteiger partial charge in [-0.05, 0) is 31.2 Å². The third-order valence-electron chi connectivity index (χ3n) is 3.32. The fraction of sp³-hybridized carbons (Fsp3) is 0.111. The third kappa shape index (κ3) is 4.18. The first-order valence-electron chi connectivity index (χ1n) is 7.17. The molecule has 116 valence electrons. The summed E-state index contributed by atoms with van der Waals surface area (Å²) in [5.41, 5.74) is 3.79. The Balaban J connectivity index is 1.65. The molecule has 0 saturated carbocycles. The predicted molar refractivity (Wildman–Crippen MR) is 96.1 cm³/mol. The lowest BCUT2D eigenvalue weighted by Crippen LogP contribution is -2.14. The molecule has 0 aliphatic heterocycles. The van der Waals surface area contributed by atoms with Gasteiger partial charge < -0.3 is 5.32 Å². The largest absolute Gasteiger partial charge is 0.326 e. The Labute approximate surface area is 144 Å². The topological polar surface area (TPSA) is 42.0 Å². The van der Waals surface area contributed by atoms with E-state index < -0.39 is 0 Å². The molecule has 3 nitrogen and oxygen atoms in total. The van der Waals surface area contributed by atoms with Gasteiger partial charge in [0, 0.05) is 21.7 Å². The second-order valence-electron chi connectivity index (χ2n) is 5.24. The second-order valence-corrected chi connectivity index (χ2v) is 6.54. The van der Waals surface area contributed by atoms with Crippen LogP contribution in [0.15, 0.2) is 53.9 Å². The number of thiazole rings is 1. The van der Waals surface area contributed by atoms with E-state index in [2.05, 4.69) is 29.4 Å². The van der Waals surface area contributed by atoms with Crippen molar-refractivity contribution in [3.63, 3.8) is 0 Å². The van der Waals surface area contributed by atoms with Gasteiger partial charge in [0.1, 0.15) is 5.01 Å². The maximum atomic E-state index is 12.1. The van der Waals surface area contributed by atoms with Crippen LogP contribution in [0.25, 0.3) is 10.6 Å². The summed E-state index contributed by atoms with van der Waals surface area (Å²) in [6.45, 7) is 2.05. The van der Waals surface area contributed by atoms with E-state index in [0.717, 1.165) is 22.0 Å². The SMILES string of the molecule is Cc1ccc(-c2nc(CC(=O)Nc3ccc(Cl)cc3)cs2)cc1. The average molecular weight is 343 g/mol. The lowest BCUT2D eigenvalue weighted by molar-refractivity contribution is -0.115. The van der Waals surface area contributed by atoms with Gasteiger partial charge in [-0.2, -0.15) is 0 Å². The number of hydrogen-bond acceptors (Lipinski definition) is 3. The van der Waals surface area contributed by atoms with Crippen molar-refractivity contribution in [3.05, 3.63) is 70.2 Å². The van der Waals surface area contributed by atoms with Crippen molar-refractivity contribution >= 4 is 34.5 Å². The van der Waals surface area contributed by atoms with Gasteiger partial charge in [-0.15, -0.1) is 11.3 Å². The normalized spacial score (nSPS) is 10.5. The standard InChI is InChI=1S/C18H15ClN2OS/c1-12-2-4-13(5-3-12)18-21-16(11-23-18)10-17(22)20-15-8-6-14(19)7-9-15/h2-9,11H,10H2,1H3,(H,20,22). The smallest absolute Gasteiger partial charge is 0.230 e. The molecule has 3 aromatic rings. The van der Waals surface area contributed by atoms with Gasteiger partial charge in [0.15, 0.2) is 0 Å². The molecule has 1 aromatic heterocycles. The highest BCUT2D eigenvalue weighted by Crippen LogP contribution is 2.24. The number of benzene rings is 2.